The first kappa shape index (κ1) is 21.5. The monoisotopic (exact) mass is 410 g/mol. The molecule has 0 saturated carbocycles. The Morgan fingerprint density at radius 2 is 2.03 bits per heavy atom. The fourth-order valence-electron chi connectivity index (χ4n) is 2.41. The summed E-state index contributed by atoms with van der Waals surface area (Å²) in [5.41, 5.74) is 2.56. The van der Waals surface area contributed by atoms with Crippen LogP contribution in [0.3, 0.4) is 0 Å². The standard InChI is InChI=1S/C17H15F3N4O2.CH2O2/c1-26-13-5-6-24-14(9-21-15(24)8-13)11-3-2-4-12(7-11)23-16(25)22-10-17(18,19)20;2-1-3/h2-9H,10H2,1H3,(H2,22,23,25);1H,(H,2,3). The second-order valence-electron chi connectivity index (χ2n) is 5.55. The van der Waals surface area contributed by atoms with E-state index in [2.05, 4.69) is 10.3 Å². The molecule has 11 heteroatoms. The van der Waals surface area contributed by atoms with Crippen LogP contribution in [0, 0.1) is 0 Å². The van der Waals surface area contributed by atoms with Crippen LogP contribution in [-0.2, 0) is 4.79 Å². The lowest BCUT2D eigenvalue weighted by atomic mass is 10.1. The van der Waals surface area contributed by atoms with E-state index in [0.717, 1.165) is 11.3 Å². The number of carbonyl (C=O) groups excluding carboxylic acids is 1. The molecule has 0 bridgehead atoms. The van der Waals surface area contributed by atoms with E-state index in [1.54, 1.807) is 55.2 Å². The van der Waals surface area contributed by atoms with Gasteiger partial charge in [-0.15, -0.1) is 0 Å². The van der Waals surface area contributed by atoms with Crippen molar-refractivity contribution in [3.05, 3.63) is 48.8 Å². The van der Waals surface area contributed by atoms with Crippen LogP contribution < -0.4 is 15.4 Å². The third-order valence-electron chi connectivity index (χ3n) is 3.59. The number of imidazole rings is 1. The molecule has 0 spiro atoms. The minimum absolute atomic E-state index is 0.250. The molecule has 3 N–H and O–H groups in total. The van der Waals surface area contributed by atoms with E-state index in [9.17, 15) is 18.0 Å². The molecule has 0 fully saturated rings. The van der Waals surface area contributed by atoms with Crippen LogP contribution in [0.4, 0.5) is 23.7 Å². The number of carbonyl (C=O) groups is 2. The van der Waals surface area contributed by atoms with E-state index in [0.29, 0.717) is 17.1 Å². The number of hydrogen-bond acceptors (Lipinski definition) is 4. The van der Waals surface area contributed by atoms with Crippen molar-refractivity contribution in [3.63, 3.8) is 0 Å². The number of benzene rings is 1. The Labute approximate surface area is 162 Å². The molecule has 0 aliphatic rings. The Balaban J connectivity index is 0.000000941. The highest BCUT2D eigenvalue weighted by Crippen LogP contribution is 2.25. The van der Waals surface area contributed by atoms with E-state index in [1.165, 1.54) is 0 Å². The van der Waals surface area contributed by atoms with Gasteiger partial charge in [-0.05, 0) is 18.2 Å². The number of ether oxygens (including phenoxy) is 1. The fourth-order valence-corrected chi connectivity index (χ4v) is 2.41. The van der Waals surface area contributed by atoms with Gasteiger partial charge in [-0.1, -0.05) is 12.1 Å². The zero-order valence-electron chi connectivity index (χ0n) is 15.1. The lowest BCUT2D eigenvalue weighted by molar-refractivity contribution is -0.123. The summed E-state index contributed by atoms with van der Waals surface area (Å²) in [4.78, 5) is 24.3. The highest BCUT2D eigenvalue weighted by molar-refractivity contribution is 5.90. The van der Waals surface area contributed by atoms with Gasteiger partial charge >= 0.3 is 12.2 Å². The van der Waals surface area contributed by atoms with Crippen molar-refractivity contribution in [2.75, 3.05) is 19.0 Å². The predicted molar refractivity (Wildman–Crippen MR) is 98.9 cm³/mol. The van der Waals surface area contributed by atoms with Crippen LogP contribution in [-0.4, -0.2) is 46.8 Å². The lowest BCUT2D eigenvalue weighted by Gasteiger charge is -2.10. The molecule has 0 unspecified atom stereocenters. The quantitative estimate of drug-likeness (QED) is 0.572. The largest absolute Gasteiger partial charge is 0.497 e. The highest BCUT2D eigenvalue weighted by atomic mass is 19.4. The molecule has 8 nitrogen and oxygen atoms in total. The molecule has 2 amide bonds. The maximum Gasteiger partial charge on any atom is 0.405 e. The van der Waals surface area contributed by atoms with Gasteiger partial charge < -0.3 is 20.5 Å². The van der Waals surface area contributed by atoms with Crippen molar-refractivity contribution >= 4 is 23.8 Å². The highest BCUT2D eigenvalue weighted by Gasteiger charge is 2.27. The number of halogens is 3. The van der Waals surface area contributed by atoms with Crippen molar-refractivity contribution in [1.29, 1.82) is 0 Å². The average molecular weight is 410 g/mol. The maximum atomic E-state index is 12.1. The second-order valence-corrected chi connectivity index (χ2v) is 5.55. The molecule has 154 valence electrons. The third kappa shape index (κ3) is 6.13. The summed E-state index contributed by atoms with van der Waals surface area (Å²) in [6.07, 6.45) is -0.999. The lowest BCUT2D eigenvalue weighted by Crippen LogP contribution is -2.36. The Kier molecular flexibility index (Phi) is 7.01. The number of aromatic nitrogens is 2. The van der Waals surface area contributed by atoms with Crippen molar-refractivity contribution in [2.24, 2.45) is 0 Å². The smallest absolute Gasteiger partial charge is 0.405 e. The number of amides is 2. The van der Waals surface area contributed by atoms with Crippen LogP contribution in [0.25, 0.3) is 16.9 Å². The summed E-state index contributed by atoms with van der Waals surface area (Å²) in [6.45, 7) is -1.65. The normalized spacial score (nSPS) is 10.6. The summed E-state index contributed by atoms with van der Waals surface area (Å²) in [5, 5.41) is 11.0. The zero-order chi connectivity index (χ0) is 21.4. The number of nitrogens with one attached hydrogen (secondary N) is 2. The van der Waals surface area contributed by atoms with Gasteiger partial charge in [0.05, 0.1) is 19.0 Å². The Morgan fingerprint density at radius 1 is 1.31 bits per heavy atom. The Hall–Kier alpha value is -3.76. The van der Waals surface area contributed by atoms with Gasteiger partial charge in [0, 0.05) is 23.5 Å². The number of nitrogens with zero attached hydrogens (tertiary/aromatic N) is 2. The average Bonchev–Trinajstić information content (AvgIpc) is 3.10. The molecule has 0 aliphatic carbocycles. The van der Waals surface area contributed by atoms with Crippen molar-refractivity contribution in [2.45, 2.75) is 6.18 Å². The fraction of sp³-hybridized carbons (Fsp3) is 0.167. The molecule has 0 radical (unpaired) electrons. The molecule has 3 aromatic rings. The van der Waals surface area contributed by atoms with Gasteiger partial charge in [-0.2, -0.15) is 13.2 Å². The molecule has 3 rings (SSSR count). The number of pyridine rings is 1. The first-order valence-corrected chi connectivity index (χ1v) is 8.08. The minimum Gasteiger partial charge on any atom is -0.497 e. The number of urea groups is 1. The molecule has 0 aliphatic heterocycles. The molecule has 1 aromatic carbocycles. The number of hydrogen-bond donors (Lipinski definition) is 3. The van der Waals surface area contributed by atoms with Gasteiger partial charge in [-0.25, -0.2) is 9.78 Å². The topological polar surface area (TPSA) is 105 Å². The number of carboxylic acid groups (broad SMARTS) is 1. The van der Waals surface area contributed by atoms with Gasteiger partial charge in [0.1, 0.15) is 17.9 Å². The van der Waals surface area contributed by atoms with E-state index >= 15 is 0 Å². The van der Waals surface area contributed by atoms with Crippen LogP contribution in [0.5, 0.6) is 5.75 Å². The molecular weight excluding hydrogens is 393 g/mol. The molecule has 29 heavy (non-hydrogen) atoms. The number of methoxy groups -OCH3 is 1. The number of alkyl halides is 3. The van der Waals surface area contributed by atoms with Gasteiger partial charge in [-0.3, -0.25) is 9.20 Å². The first-order chi connectivity index (χ1) is 13.8. The van der Waals surface area contributed by atoms with Crippen LogP contribution in [0.2, 0.25) is 0 Å². The summed E-state index contributed by atoms with van der Waals surface area (Å²) < 4.78 is 43.4. The van der Waals surface area contributed by atoms with Crippen molar-refractivity contribution < 1.29 is 32.6 Å². The third-order valence-corrected chi connectivity index (χ3v) is 3.59. The zero-order valence-corrected chi connectivity index (χ0v) is 15.1. The van der Waals surface area contributed by atoms with E-state index in [4.69, 9.17) is 14.6 Å². The Bertz CT molecular complexity index is 989. The summed E-state index contributed by atoms with van der Waals surface area (Å²) in [6, 6.07) is 9.37. The minimum atomic E-state index is -4.46. The predicted octanol–water partition coefficient (Wildman–Crippen LogP) is 3.39. The van der Waals surface area contributed by atoms with Gasteiger partial charge in [0.15, 0.2) is 0 Å². The van der Waals surface area contributed by atoms with E-state index < -0.39 is 18.8 Å². The van der Waals surface area contributed by atoms with Crippen LogP contribution in [0.1, 0.15) is 0 Å². The molecule has 0 atom stereocenters. The summed E-state index contributed by atoms with van der Waals surface area (Å²) in [5.74, 6) is 0.673. The van der Waals surface area contributed by atoms with Crippen molar-refractivity contribution in [3.8, 4) is 17.0 Å². The number of fused-ring (bicyclic) bond motifs is 1. The van der Waals surface area contributed by atoms with Crippen molar-refractivity contribution in [1.82, 2.24) is 14.7 Å². The molecule has 2 heterocycles. The summed E-state index contributed by atoms with van der Waals surface area (Å²) in [7, 11) is 1.56. The van der Waals surface area contributed by atoms with Gasteiger partial charge in [0.25, 0.3) is 6.47 Å². The van der Waals surface area contributed by atoms with Gasteiger partial charge in [0.2, 0.25) is 0 Å². The molecule has 2 aromatic heterocycles. The molecule has 0 saturated heterocycles. The van der Waals surface area contributed by atoms with Crippen LogP contribution in [0.15, 0.2) is 48.8 Å². The number of anilines is 1. The Morgan fingerprint density at radius 3 is 2.69 bits per heavy atom. The molecular formula is C18H17F3N4O4. The first-order valence-electron chi connectivity index (χ1n) is 8.08. The van der Waals surface area contributed by atoms with Crippen LogP contribution >= 0.6 is 0 Å². The second kappa shape index (κ2) is 9.44. The van der Waals surface area contributed by atoms with E-state index in [1.807, 2.05) is 10.5 Å². The number of rotatable bonds is 4. The van der Waals surface area contributed by atoms with E-state index in [-0.39, 0.29) is 6.47 Å². The SMILES string of the molecule is COc1ccn2c(-c3cccc(NC(=O)NCC(F)(F)F)c3)cnc2c1.O=CO. The maximum absolute atomic E-state index is 12.1. The summed E-state index contributed by atoms with van der Waals surface area (Å²) >= 11 is 0.